The van der Waals surface area contributed by atoms with Gasteiger partial charge in [0.25, 0.3) is 0 Å². The summed E-state index contributed by atoms with van der Waals surface area (Å²) in [7, 11) is 0. The minimum Gasteiger partial charge on any atom is -0.486 e. The Kier molecular flexibility index (Phi) is 4.66. The van der Waals surface area contributed by atoms with Crippen molar-refractivity contribution in [3.8, 4) is 5.75 Å². The zero-order valence-corrected chi connectivity index (χ0v) is 14.7. The second-order valence-corrected chi connectivity index (χ2v) is 7.07. The van der Waals surface area contributed by atoms with Gasteiger partial charge in [0.1, 0.15) is 12.2 Å². The van der Waals surface area contributed by atoms with E-state index in [1.165, 1.54) is 11.0 Å². The first-order valence-corrected chi connectivity index (χ1v) is 8.33. The molecule has 2 aromatic rings. The van der Waals surface area contributed by atoms with Crippen molar-refractivity contribution in [2.24, 2.45) is 0 Å². The lowest BCUT2D eigenvalue weighted by atomic mass is 10.1. The van der Waals surface area contributed by atoms with Crippen LogP contribution in [0.5, 0.6) is 5.75 Å². The van der Waals surface area contributed by atoms with Gasteiger partial charge in [-0.3, -0.25) is 4.90 Å². The minimum atomic E-state index is -0.586. The smallest absolute Gasteiger partial charge is 0.414 e. The average Bonchev–Trinajstić information content (AvgIpc) is 2.95. The predicted octanol–water partition coefficient (Wildman–Crippen LogP) is 4.70. The average molecular weight is 343 g/mol. The van der Waals surface area contributed by atoms with Crippen LogP contribution >= 0.6 is 0 Å². The summed E-state index contributed by atoms with van der Waals surface area (Å²) in [5.41, 5.74) is 1.82. The van der Waals surface area contributed by atoms with Crippen LogP contribution in [0.2, 0.25) is 0 Å². The molecule has 132 valence electrons. The molecule has 0 aliphatic carbocycles. The molecule has 0 atom stereocenters. The fourth-order valence-corrected chi connectivity index (χ4v) is 2.74. The van der Waals surface area contributed by atoms with Crippen molar-refractivity contribution in [3.63, 3.8) is 0 Å². The molecule has 3 rings (SSSR count). The maximum atomic E-state index is 14.4. The summed E-state index contributed by atoms with van der Waals surface area (Å²) in [5, 5.41) is 0. The Morgan fingerprint density at radius 3 is 2.60 bits per heavy atom. The summed E-state index contributed by atoms with van der Waals surface area (Å²) in [5.74, 6) is -0.279. The lowest BCUT2D eigenvalue weighted by Crippen LogP contribution is -2.35. The second-order valence-electron chi connectivity index (χ2n) is 7.07. The fraction of sp³-hybridized carbons (Fsp3) is 0.350. The van der Waals surface area contributed by atoms with Crippen LogP contribution in [0.4, 0.5) is 14.9 Å². The molecule has 0 saturated heterocycles. The van der Waals surface area contributed by atoms with Crippen LogP contribution in [0.15, 0.2) is 42.5 Å². The summed E-state index contributed by atoms with van der Waals surface area (Å²) < 4.78 is 25.4. The molecule has 4 nitrogen and oxygen atoms in total. The van der Waals surface area contributed by atoms with E-state index in [2.05, 4.69) is 0 Å². The maximum Gasteiger partial charge on any atom is 0.414 e. The van der Waals surface area contributed by atoms with E-state index < -0.39 is 17.5 Å². The van der Waals surface area contributed by atoms with Gasteiger partial charge < -0.3 is 9.47 Å². The number of carbonyl (C=O) groups excluding carboxylic acids is 1. The Morgan fingerprint density at radius 1 is 1.20 bits per heavy atom. The van der Waals surface area contributed by atoms with Gasteiger partial charge in [-0.2, -0.15) is 0 Å². The standard InChI is InChI=1S/C20H22FNO3/c1-20(2,3)25-19(23)22-10-9-15-11-18(16(21)12-17(15)22)24-13-14-7-5-4-6-8-14/h4-8,11-12H,9-10,13H2,1-3H3. The van der Waals surface area contributed by atoms with Gasteiger partial charge in [0.05, 0.1) is 5.69 Å². The van der Waals surface area contributed by atoms with E-state index in [9.17, 15) is 9.18 Å². The van der Waals surface area contributed by atoms with Gasteiger partial charge in [0.15, 0.2) is 11.6 Å². The number of hydrogen-bond acceptors (Lipinski definition) is 3. The van der Waals surface area contributed by atoms with Crippen LogP contribution < -0.4 is 9.64 Å². The van der Waals surface area contributed by atoms with Gasteiger partial charge in [-0.25, -0.2) is 9.18 Å². The number of hydrogen-bond donors (Lipinski definition) is 0. The third kappa shape index (κ3) is 4.10. The van der Waals surface area contributed by atoms with Crippen molar-refractivity contribution < 1.29 is 18.7 Å². The van der Waals surface area contributed by atoms with Crippen molar-refractivity contribution in [3.05, 3.63) is 59.4 Å². The van der Waals surface area contributed by atoms with Crippen LogP contribution in [0, 0.1) is 5.82 Å². The molecule has 0 aromatic heterocycles. The largest absolute Gasteiger partial charge is 0.486 e. The van der Waals surface area contributed by atoms with Gasteiger partial charge in [-0.1, -0.05) is 30.3 Å². The zero-order chi connectivity index (χ0) is 18.0. The highest BCUT2D eigenvalue weighted by molar-refractivity contribution is 5.90. The highest BCUT2D eigenvalue weighted by atomic mass is 19.1. The van der Waals surface area contributed by atoms with Crippen molar-refractivity contribution >= 4 is 11.8 Å². The highest BCUT2D eigenvalue weighted by Crippen LogP contribution is 2.34. The van der Waals surface area contributed by atoms with Gasteiger partial charge >= 0.3 is 6.09 Å². The molecule has 0 bridgehead atoms. The van der Waals surface area contributed by atoms with E-state index in [4.69, 9.17) is 9.47 Å². The Bertz CT molecular complexity index is 769. The molecule has 1 aliphatic heterocycles. The normalized spacial score (nSPS) is 13.5. The zero-order valence-electron chi connectivity index (χ0n) is 14.7. The van der Waals surface area contributed by atoms with Gasteiger partial charge in [0.2, 0.25) is 0 Å². The number of anilines is 1. The fourth-order valence-electron chi connectivity index (χ4n) is 2.74. The number of nitrogens with zero attached hydrogens (tertiary/aromatic N) is 1. The van der Waals surface area contributed by atoms with Crippen LogP contribution in [-0.2, 0) is 17.8 Å². The van der Waals surface area contributed by atoms with E-state index in [0.29, 0.717) is 25.3 Å². The molecule has 0 spiro atoms. The quantitative estimate of drug-likeness (QED) is 0.811. The molecule has 1 aliphatic rings. The molecular weight excluding hydrogens is 321 g/mol. The summed E-state index contributed by atoms with van der Waals surface area (Å²) in [6, 6.07) is 12.6. The number of carbonyl (C=O) groups is 1. The number of halogens is 1. The molecular formula is C20H22FNO3. The predicted molar refractivity (Wildman–Crippen MR) is 94.5 cm³/mol. The van der Waals surface area contributed by atoms with Gasteiger partial charge in [-0.05, 0) is 44.4 Å². The molecule has 0 N–H and O–H groups in total. The summed E-state index contributed by atoms with van der Waals surface area (Å²) in [4.78, 5) is 13.8. The van der Waals surface area contributed by atoms with Crippen LogP contribution in [0.3, 0.4) is 0 Å². The molecule has 1 heterocycles. The molecule has 0 radical (unpaired) electrons. The topological polar surface area (TPSA) is 38.8 Å². The third-order valence-electron chi connectivity index (χ3n) is 3.88. The first kappa shape index (κ1) is 17.3. The van der Waals surface area contributed by atoms with Crippen LogP contribution in [0.25, 0.3) is 0 Å². The minimum absolute atomic E-state index is 0.202. The van der Waals surface area contributed by atoms with E-state index >= 15 is 0 Å². The first-order chi connectivity index (χ1) is 11.8. The Hall–Kier alpha value is -2.56. The van der Waals surface area contributed by atoms with Crippen LogP contribution in [-0.4, -0.2) is 18.2 Å². The molecule has 0 fully saturated rings. The Labute approximate surface area is 147 Å². The summed E-state index contributed by atoms with van der Waals surface area (Å²) in [6.07, 6.45) is 0.194. The molecule has 0 saturated carbocycles. The SMILES string of the molecule is CC(C)(C)OC(=O)N1CCc2cc(OCc3ccccc3)c(F)cc21. The third-order valence-corrected chi connectivity index (χ3v) is 3.88. The summed E-state index contributed by atoms with van der Waals surface area (Å²) in [6.45, 7) is 6.20. The molecule has 5 heteroatoms. The van der Waals surface area contributed by atoms with Crippen molar-refractivity contribution in [2.75, 3.05) is 11.4 Å². The van der Waals surface area contributed by atoms with Crippen molar-refractivity contribution in [1.29, 1.82) is 0 Å². The molecule has 2 aromatic carbocycles. The van der Waals surface area contributed by atoms with E-state index in [0.717, 1.165) is 11.1 Å². The Morgan fingerprint density at radius 2 is 1.92 bits per heavy atom. The molecule has 0 unspecified atom stereocenters. The number of benzene rings is 2. The van der Waals surface area contributed by atoms with Crippen molar-refractivity contribution in [2.45, 2.75) is 39.4 Å². The molecule has 25 heavy (non-hydrogen) atoms. The monoisotopic (exact) mass is 343 g/mol. The van der Waals surface area contributed by atoms with E-state index in [1.54, 1.807) is 6.07 Å². The lowest BCUT2D eigenvalue weighted by Gasteiger charge is -2.24. The number of rotatable bonds is 3. The van der Waals surface area contributed by atoms with Gasteiger partial charge in [-0.15, -0.1) is 0 Å². The summed E-state index contributed by atoms with van der Waals surface area (Å²) >= 11 is 0. The second kappa shape index (κ2) is 6.75. The maximum absolute atomic E-state index is 14.4. The van der Waals surface area contributed by atoms with E-state index in [-0.39, 0.29) is 5.75 Å². The van der Waals surface area contributed by atoms with Crippen molar-refractivity contribution in [1.82, 2.24) is 0 Å². The van der Waals surface area contributed by atoms with Crippen LogP contribution in [0.1, 0.15) is 31.9 Å². The number of fused-ring (bicyclic) bond motifs is 1. The first-order valence-electron chi connectivity index (χ1n) is 8.33. The number of ether oxygens (including phenoxy) is 2. The lowest BCUT2D eigenvalue weighted by molar-refractivity contribution is 0.0584. The van der Waals surface area contributed by atoms with Gasteiger partial charge in [0, 0.05) is 12.6 Å². The highest BCUT2D eigenvalue weighted by Gasteiger charge is 2.30. The molecule has 1 amide bonds. The van der Waals surface area contributed by atoms with E-state index in [1.807, 2.05) is 51.1 Å². The number of amides is 1. The Balaban J connectivity index is 1.75.